The van der Waals surface area contributed by atoms with Gasteiger partial charge in [-0.2, -0.15) is 0 Å². The van der Waals surface area contributed by atoms with Gasteiger partial charge in [-0.05, 0) is 41.2 Å². The van der Waals surface area contributed by atoms with Crippen molar-refractivity contribution in [2.24, 2.45) is 0 Å². The predicted octanol–water partition coefficient (Wildman–Crippen LogP) is 1.65. The molecule has 19 heavy (non-hydrogen) atoms. The van der Waals surface area contributed by atoms with Crippen LogP contribution >= 0.6 is 15.9 Å². The number of hydrogen-bond acceptors (Lipinski definition) is 3. The van der Waals surface area contributed by atoms with Gasteiger partial charge in [-0.15, -0.1) is 0 Å². The second-order valence-electron chi connectivity index (χ2n) is 4.59. The van der Waals surface area contributed by atoms with Crippen molar-refractivity contribution in [1.82, 2.24) is 10.2 Å². The van der Waals surface area contributed by atoms with Gasteiger partial charge in [-0.1, -0.05) is 0 Å². The number of benzene rings is 1. The second-order valence-corrected chi connectivity index (χ2v) is 5.45. The van der Waals surface area contributed by atoms with Crippen LogP contribution in [0.3, 0.4) is 0 Å². The maximum Gasteiger partial charge on any atom is 0.251 e. The number of carbonyl (C=O) groups is 1. The number of amides is 1. The highest BCUT2D eigenvalue weighted by molar-refractivity contribution is 9.10. The SMILES string of the molecule is CN1CCOC(CNC(=O)c2ccc(F)c(Br)c2)C1. The van der Waals surface area contributed by atoms with Crippen LogP contribution in [-0.2, 0) is 4.74 Å². The Balaban J connectivity index is 1.88. The van der Waals surface area contributed by atoms with Gasteiger partial charge in [-0.3, -0.25) is 4.79 Å². The zero-order chi connectivity index (χ0) is 13.8. The molecule has 6 heteroatoms. The normalized spacial score (nSPS) is 20.3. The van der Waals surface area contributed by atoms with Crippen molar-refractivity contribution >= 4 is 21.8 Å². The van der Waals surface area contributed by atoms with Crippen LogP contribution in [0, 0.1) is 5.82 Å². The van der Waals surface area contributed by atoms with E-state index >= 15 is 0 Å². The number of rotatable bonds is 3. The molecule has 1 aromatic rings. The summed E-state index contributed by atoms with van der Waals surface area (Å²) >= 11 is 3.06. The van der Waals surface area contributed by atoms with Crippen LogP contribution in [0.2, 0.25) is 0 Å². The molecule has 1 aliphatic heterocycles. The van der Waals surface area contributed by atoms with Gasteiger partial charge in [0.2, 0.25) is 0 Å². The second kappa shape index (κ2) is 6.45. The molecule has 4 nitrogen and oxygen atoms in total. The lowest BCUT2D eigenvalue weighted by Gasteiger charge is -2.30. The molecular formula is C13H16BrFN2O2. The van der Waals surface area contributed by atoms with E-state index in [1.165, 1.54) is 18.2 Å². The number of morpholine rings is 1. The average molecular weight is 331 g/mol. The molecule has 2 rings (SSSR count). The van der Waals surface area contributed by atoms with E-state index in [0.29, 0.717) is 18.7 Å². The molecule has 0 aromatic heterocycles. The Bertz CT molecular complexity index is 470. The lowest BCUT2D eigenvalue weighted by Crippen LogP contribution is -2.45. The number of likely N-dealkylation sites (N-methyl/N-ethyl adjacent to an activating group) is 1. The van der Waals surface area contributed by atoms with Crippen LogP contribution in [0.15, 0.2) is 22.7 Å². The van der Waals surface area contributed by atoms with Gasteiger partial charge < -0.3 is 15.0 Å². The molecule has 0 bridgehead atoms. The summed E-state index contributed by atoms with van der Waals surface area (Å²) in [4.78, 5) is 14.1. The van der Waals surface area contributed by atoms with E-state index in [2.05, 4.69) is 26.1 Å². The van der Waals surface area contributed by atoms with E-state index in [4.69, 9.17) is 4.74 Å². The number of ether oxygens (including phenoxy) is 1. The van der Waals surface area contributed by atoms with E-state index in [-0.39, 0.29) is 22.3 Å². The van der Waals surface area contributed by atoms with Crippen LogP contribution in [0.5, 0.6) is 0 Å². The quantitative estimate of drug-likeness (QED) is 0.916. The minimum absolute atomic E-state index is 0.00610. The topological polar surface area (TPSA) is 41.6 Å². The van der Waals surface area contributed by atoms with Crippen LogP contribution in [0.25, 0.3) is 0 Å². The van der Waals surface area contributed by atoms with Crippen LogP contribution in [-0.4, -0.2) is 50.2 Å². The zero-order valence-corrected chi connectivity index (χ0v) is 12.2. The lowest BCUT2D eigenvalue weighted by molar-refractivity contribution is -0.0175. The molecule has 1 amide bonds. The zero-order valence-electron chi connectivity index (χ0n) is 10.7. The molecule has 1 fully saturated rings. The van der Waals surface area contributed by atoms with Crippen molar-refractivity contribution < 1.29 is 13.9 Å². The highest BCUT2D eigenvalue weighted by Crippen LogP contribution is 2.16. The summed E-state index contributed by atoms with van der Waals surface area (Å²) in [5.74, 6) is -0.605. The minimum atomic E-state index is -0.381. The van der Waals surface area contributed by atoms with E-state index < -0.39 is 0 Å². The van der Waals surface area contributed by atoms with Gasteiger partial charge in [0.25, 0.3) is 5.91 Å². The first kappa shape index (κ1) is 14.4. The Morgan fingerprint density at radius 1 is 1.63 bits per heavy atom. The summed E-state index contributed by atoms with van der Waals surface area (Å²) < 4.78 is 18.9. The molecule has 0 radical (unpaired) electrons. The Kier molecular flexibility index (Phi) is 4.90. The molecule has 104 valence electrons. The van der Waals surface area contributed by atoms with E-state index in [1.807, 2.05) is 7.05 Å². The van der Waals surface area contributed by atoms with Crippen molar-refractivity contribution in [3.63, 3.8) is 0 Å². The number of halogens is 2. The monoisotopic (exact) mass is 330 g/mol. The van der Waals surface area contributed by atoms with Crippen molar-refractivity contribution in [2.75, 3.05) is 33.3 Å². The minimum Gasteiger partial charge on any atom is -0.374 e. The molecule has 0 aliphatic carbocycles. The highest BCUT2D eigenvalue weighted by atomic mass is 79.9. The Morgan fingerprint density at radius 2 is 2.42 bits per heavy atom. The van der Waals surface area contributed by atoms with E-state index in [0.717, 1.165) is 13.1 Å². The third-order valence-corrected chi connectivity index (χ3v) is 3.62. The lowest BCUT2D eigenvalue weighted by atomic mass is 10.2. The van der Waals surface area contributed by atoms with Gasteiger partial charge in [0.05, 0.1) is 17.2 Å². The molecule has 0 spiro atoms. The number of carbonyl (C=O) groups excluding carboxylic acids is 1. The van der Waals surface area contributed by atoms with Crippen LogP contribution in [0.4, 0.5) is 4.39 Å². The molecule has 1 aliphatic rings. The fourth-order valence-corrected chi connectivity index (χ4v) is 2.32. The summed E-state index contributed by atoms with van der Waals surface area (Å²) in [6.07, 6.45) is 0.00610. The third-order valence-electron chi connectivity index (χ3n) is 3.01. The smallest absolute Gasteiger partial charge is 0.251 e. The maximum atomic E-state index is 13.1. The first-order chi connectivity index (χ1) is 9.06. The first-order valence-corrected chi connectivity index (χ1v) is 6.89. The van der Waals surface area contributed by atoms with Crippen molar-refractivity contribution in [1.29, 1.82) is 0 Å². The fourth-order valence-electron chi connectivity index (χ4n) is 1.94. The Morgan fingerprint density at radius 3 is 3.11 bits per heavy atom. The van der Waals surface area contributed by atoms with Gasteiger partial charge in [0.1, 0.15) is 5.82 Å². The molecule has 1 aromatic carbocycles. The van der Waals surface area contributed by atoms with Gasteiger partial charge in [-0.25, -0.2) is 4.39 Å². The first-order valence-electron chi connectivity index (χ1n) is 6.09. The Hall–Kier alpha value is -0.980. The molecule has 1 N–H and O–H groups in total. The number of hydrogen-bond donors (Lipinski definition) is 1. The summed E-state index contributed by atoms with van der Waals surface area (Å²) in [7, 11) is 2.02. The van der Waals surface area contributed by atoms with Gasteiger partial charge in [0, 0.05) is 25.2 Å². The van der Waals surface area contributed by atoms with Gasteiger partial charge in [0.15, 0.2) is 0 Å². The summed E-state index contributed by atoms with van der Waals surface area (Å²) in [6, 6.07) is 4.20. The molecule has 1 atom stereocenters. The third kappa shape index (κ3) is 3.99. The molecule has 1 heterocycles. The molecule has 1 unspecified atom stereocenters. The largest absolute Gasteiger partial charge is 0.374 e. The molecular weight excluding hydrogens is 315 g/mol. The number of nitrogens with zero attached hydrogens (tertiary/aromatic N) is 1. The standard InChI is InChI=1S/C13H16BrFN2O2/c1-17-4-5-19-10(8-17)7-16-13(18)9-2-3-12(15)11(14)6-9/h2-3,6,10H,4-5,7-8H2,1H3,(H,16,18). The number of nitrogens with one attached hydrogen (secondary N) is 1. The highest BCUT2D eigenvalue weighted by Gasteiger charge is 2.18. The van der Waals surface area contributed by atoms with Crippen molar-refractivity contribution in [2.45, 2.75) is 6.10 Å². The maximum absolute atomic E-state index is 13.1. The average Bonchev–Trinajstić information content (AvgIpc) is 2.39. The van der Waals surface area contributed by atoms with Crippen LogP contribution < -0.4 is 5.32 Å². The van der Waals surface area contributed by atoms with E-state index in [1.54, 1.807) is 0 Å². The van der Waals surface area contributed by atoms with Crippen LogP contribution in [0.1, 0.15) is 10.4 Å². The molecule has 0 saturated carbocycles. The van der Waals surface area contributed by atoms with Gasteiger partial charge >= 0.3 is 0 Å². The van der Waals surface area contributed by atoms with Crippen molar-refractivity contribution in [3.8, 4) is 0 Å². The summed E-state index contributed by atoms with van der Waals surface area (Å²) in [5, 5.41) is 2.80. The summed E-state index contributed by atoms with van der Waals surface area (Å²) in [5.41, 5.74) is 0.428. The van der Waals surface area contributed by atoms with Crippen molar-refractivity contribution in [3.05, 3.63) is 34.1 Å². The Labute approximate surface area is 120 Å². The summed E-state index contributed by atoms with van der Waals surface area (Å²) in [6.45, 7) is 2.85. The fraction of sp³-hybridized carbons (Fsp3) is 0.462. The van der Waals surface area contributed by atoms with E-state index in [9.17, 15) is 9.18 Å². The molecule has 1 saturated heterocycles. The predicted molar refractivity (Wildman–Crippen MR) is 73.7 cm³/mol.